The van der Waals surface area contributed by atoms with Crippen molar-refractivity contribution in [1.82, 2.24) is 13.7 Å². The van der Waals surface area contributed by atoms with Gasteiger partial charge < -0.3 is 0 Å². The summed E-state index contributed by atoms with van der Waals surface area (Å²) in [5.74, 6) is 0. The quantitative estimate of drug-likeness (QED) is 0.234. The van der Waals surface area contributed by atoms with Crippen LogP contribution in [-0.4, -0.2) is 13.7 Å². The van der Waals surface area contributed by atoms with Crippen LogP contribution >= 0.6 is 12.2 Å². The molecule has 0 spiro atoms. The van der Waals surface area contributed by atoms with Crippen LogP contribution in [0.15, 0.2) is 120 Å². The van der Waals surface area contributed by atoms with E-state index < -0.39 is 0 Å². The maximum atomic E-state index is 14.2. The van der Waals surface area contributed by atoms with Crippen LogP contribution in [0.4, 0.5) is 0 Å². The van der Waals surface area contributed by atoms with Gasteiger partial charge in [0.25, 0.3) is 5.56 Å². The molecule has 4 aromatic carbocycles. The molecule has 0 unspecified atom stereocenters. The minimum atomic E-state index is -0.138. The fourth-order valence-corrected chi connectivity index (χ4v) is 5.31. The third kappa shape index (κ3) is 3.94. The number of benzene rings is 4. The van der Waals surface area contributed by atoms with Crippen molar-refractivity contribution < 1.29 is 0 Å². The smallest absolute Gasteiger partial charge is 0.268 e. The number of aromatic nitrogens is 3. The van der Waals surface area contributed by atoms with Gasteiger partial charge in [0.2, 0.25) is 0 Å². The van der Waals surface area contributed by atoms with Gasteiger partial charge in [-0.05, 0) is 85.2 Å². The molecule has 0 bridgehead atoms. The molecule has 37 heavy (non-hydrogen) atoms. The highest BCUT2D eigenvalue weighted by Crippen LogP contribution is 2.32. The van der Waals surface area contributed by atoms with Crippen molar-refractivity contribution in [2.45, 2.75) is 13.8 Å². The molecular formula is C32H25N3OS. The van der Waals surface area contributed by atoms with Crippen molar-refractivity contribution in [3.63, 3.8) is 0 Å². The van der Waals surface area contributed by atoms with E-state index in [1.165, 1.54) is 0 Å². The molecule has 4 nitrogen and oxygen atoms in total. The highest BCUT2D eigenvalue weighted by molar-refractivity contribution is 7.71. The Hall–Kier alpha value is -4.48. The van der Waals surface area contributed by atoms with Crippen LogP contribution in [0.1, 0.15) is 11.1 Å². The Kier molecular flexibility index (Phi) is 5.70. The molecule has 0 N–H and O–H groups in total. The summed E-state index contributed by atoms with van der Waals surface area (Å²) in [5.41, 5.74) is 7.35. The summed E-state index contributed by atoms with van der Waals surface area (Å²) in [4.78, 5) is 14.2. The van der Waals surface area contributed by atoms with Crippen molar-refractivity contribution in [3.05, 3.63) is 142 Å². The Morgan fingerprint density at radius 1 is 0.568 bits per heavy atom. The van der Waals surface area contributed by atoms with E-state index in [9.17, 15) is 4.79 Å². The molecule has 0 fully saturated rings. The maximum absolute atomic E-state index is 14.2. The first-order valence-electron chi connectivity index (χ1n) is 12.2. The van der Waals surface area contributed by atoms with Crippen LogP contribution in [0, 0.1) is 18.6 Å². The Bertz CT molecular complexity index is 1880. The zero-order valence-corrected chi connectivity index (χ0v) is 21.4. The first kappa shape index (κ1) is 23.0. The summed E-state index contributed by atoms with van der Waals surface area (Å²) in [6.07, 6.45) is 0. The third-order valence-electron chi connectivity index (χ3n) is 6.61. The normalized spacial score (nSPS) is 11.2. The molecule has 6 aromatic rings. The molecule has 0 aliphatic rings. The number of hydrogen-bond acceptors (Lipinski definition) is 2. The van der Waals surface area contributed by atoms with Gasteiger partial charge >= 0.3 is 0 Å². The second-order valence-electron chi connectivity index (χ2n) is 9.24. The van der Waals surface area contributed by atoms with E-state index in [2.05, 4.69) is 47.9 Å². The van der Waals surface area contributed by atoms with E-state index in [1.54, 1.807) is 4.57 Å². The second kappa shape index (κ2) is 9.19. The number of hydrogen-bond donors (Lipinski definition) is 0. The van der Waals surface area contributed by atoms with Gasteiger partial charge in [-0.25, -0.2) is 0 Å². The van der Waals surface area contributed by atoms with Gasteiger partial charge in [0.15, 0.2) is 4.77 Å². The predicted molar refractivity (Wildman–Crippen MR) is 154 cm³/mol. The summed E-state index contributed by atoms with van der Waals surface area (Å²) in [6, 6.07) is 38.4. The van der Waals surface area contributed by atoms with Gasteiger partial charge in [0.1, 0.15) is 5.65 Å². The van der Waals surface area contributed by atoms with Crippen LogP contribution in [-0.2, 0) is 0 Å². The summed E-state index contributed by atoms with van der Waals surface area (Å²) >= 11 is 6.11. The van der Waals surface area contributed by atoms with Crippen LogP contribution < -0.4 is 5.56 Å². The molecule has 0 saturated heterocycles. The summed E-state index contributed by atoms with van der Waals surface area (Å²) < 4.78 is 6.24. The lowest BCUT2D eigenvalue weighted by atomic mass is 10.1. The SMILES string of the molecule is Cc1cccc(-n2c(=O)c3cc(-c4ccccc4)n(-c4ccccc4)c3n(-c3cccc(C)c3)c2=S)c1. The average molecular weight is 500 g/mol. The number of para-hydroxylation sites is 1. The van der Waals surface area contributed by atoms with Crippen molar-refractivity contribution in [1.29, 1.82) is 0 Å². The van der Waals surface area contributed by atoms with Crippen LogP contribution in [0.3, 0.4) is 0 Å². The summed E-state index contributed by atoms with van der Waals surface area (Å²) in [5, 5.41) is 0.597. The van der Waals surface area contributed by atoms with E-state index in [-0.39, 0.29) is 5.56 Å². The number of fused-ring (bicyclic) bond motifs is 1. The molecule has 6 rings (SSSR count). The van der Waals surface area contributed by atoms with E-state index in [0.717, 1.165) is 45.1 Å². The van der Waals surface area contributed by atoms with Crippen LogP contribution in [0.2, 0.25) is 0 Å². The Labute approximate surface area is 220 Å². The number of rotatable bonds is 4. The van der Waals surface area contributed by atoms with Gasteiger partial charge in [-0.15, -0.1) is 0 Å². The Balaban J connectivity index is 1.85. The van der Waals surface area contributed by atoms with Gasteiger partial charge in [0.05, 0.1) is 22.5 Å². The molecule has 0 amide bonds. The highest BCUT2D eigenvalue weighted by atomic mass is 32.1. The Morgan fingerprint density at radius 2 is 1.11 bits per heavy atom. The number of aryl methyl sites for hydroxylation is 2. The lowest BCUT2D eigenvalue weighted by molar-refractivity contribution is 0.856. The van der Waals surface area contributed by atoms with Crippen molar-refractivity contribution >= 4 is 23.3 Å². The lowest BCUT2D eigenvalue weighted by Gasteiger charge is -2.18. The van der Waals surface area contributed by atoms with Gasteiger partial charge in [-0.1, -0.05) is 72.8 Å². The predicted octanol–water partition coefficient (Wildman–Crippen LogP) is 7.59. The fraction of sp³-hybridized carbons (Fsp3) is 0.0625. The molecule has 2 heterocycles. The van der Waals surface area contributed by atoms with Crippen molar-refractivity contribution in [2.75, 3.05) is 0 Å². The average Bonchev–Trinajstić information content (AvgIpc) is 3.31. The monoisotopic (exact) mass is 499 g/mol. The van der Waals surface area contributed by atoms with Gasteiger partial charge in [-0.2, -0.15) is 0 Å². The van der Waals surface area contributed by atoms with Gasteiger partial charge in [-0.3, -0.25) is 18.5 Å². The molecule has 180 valence electrons. The summed E-state index contributed by atoms with van der Waals surface area (Å²) in [6.45, 7) is 4.08. The molecule has 0 aliphatic heterocycles. The minimum Gasteiger partial charge on any atom is -0.295 e. The standard InChI is InChI=1S/C32H25N3OS/c1-22-11-9-17-26(19-22)34-30-28(31(36)35(32(34)37)27-18-10-12-23(2)20-27)21-29(24-13-5-3-6-14-24)33(30)25-15-7-4-8-16-25/h3-21H,1-2H3. The van der Waals surface area contributed by atoms with Crippen molar-refractivity contribution in [2.24, 2.45) is 0 Å². The molecule has 0 aliphatic carbocycles. The molecule has 0 saturated carbocycles. The molecular weight excluding hydrogens is 474 g/mol. The highest BCUT2D eigenvalue weighted by Gasteiger charge is 2.22. The van der Waals surface area contributed by atoms with Crippen LogP contribution in [0.5, 0.6) is 0 Å². The second-order valence-corrected chi connectivity index (χ2v) is 9.61. The van der Waals surface area contributed by atoms with Gasteiger partial charge in [0, 0.05) is 5.69 Å². The zero-order chi connectivity index (χ0) is 25.5. The molecule has 0 radical (unpaired) electrons. The van der Waals surface area contributed by atoms with E-state index >= 15 is 0 Å². The minimum absolute atomic E-state index is 0.138. The fourth-order valence-electron chi connectivity index (χ4n) is 4.93. The van der Waals surface area contributed by atoms with Crippen molar-refractivity contribution in [3.8, 4) is 28.3 Å². The zero-order valence-electron chi connectivity index (χ0n) is 20.6. The van der Waals surface area contributed by atoms with Crippen LogP contribution in [0.25, 0.3) is 39.4 Å². The lowest BCUT2D eigenvalue weighted by Crippen LogP contribution is -2.24. The largest absolute Gasteiger partial charge is 0.295 e. The summed E-state index contributed by atoms with van der Waals surface area (Å²) in [7, 11) is 0. The topological polar surface area (TPSA) is 31.9 Å². The molecule has 0 atom stereocenters. The van der Waals surface area contributed by atoms with E-state index in [1.807, 2.05) is 90.4 Å². The Morgan fingerprint density at radius 3 is 1.70 bits per heavy atom. The first-order chi connectivity index (χ1) is 18.0. The molecule has 2 aromatic heterocycles. The van der Waals surface area contributed by atoms with E-state index in [4.69, 9.17) is 12.2 Å². The first-order valence-corrected chi connectivity index (χ1v) is 12.6. The van der Waals surface area contributed by atoms with E-state index in [0.29, 0.717) is 10.2 Å². The maximum Gasteiger partial charge on any atom is 0.268 e. The third-order valence-corrected chi connectivity index (χ3v) is 6.97. The number of nitrogens with zero attached hydrogens (tertiary/aromatic N) is 3. The molecule has 5 heteroatoms.